The van der Waals surface area contributed by atoms with Gasteiger partial charge in [0.25, 0.3) is 0 Å². The van der Waals surface area contributed by atoms with E-state index in [4.69, 9.17) is 4.74 Å². The lowest BCUT2D eigenvalue weighted by atomic mass is 10.1. The molecule has 1 aromatic rings. The van der Waals surface area contributed by atoms with Crippen molar-refractivity contribution in [1.29, 1.82) is 0 Å². The van der Waals surface area contributed by atoms with Gasteiger partial charge in [0.05, 0.1) is 6.10 Å². The first-order valence-corrected chi connectivity index (χ1v) is 8.53. The third-order valence-electron chi connectivity index (χ3n) is 3.90. The Balaban J connectivity index is 1.66. The van der Waals surface area contributed by atoms with Gasteiger partial charge in [-0.1, -0.05) is 28.1 Å². The van der Waals surface area contributed by atoms with Crippen molar-refractivity contribution in [2.45, 2.75) is 38.2 Å². The minimum Gasteiger partial charge on any atom is -0.377 e. The van der Waals surface area contributed by atoms with Crippen LogP contribution in [0.3, 0.4) is 0 Å². The van der Waals surface area contributed by atoms with Crippen molar-refractivity contribution in [3.05, 3.63) is 34.3 Å². The van der Waals surface area contributed by atoms with Gasteiger partial charge in [-0.15, -0.1) is 0 Å². The summed E-state index contributed by atoms with van der Waals surface area (Å²) < 4.78 is 6.75. The molecule has 0 saturated carbocycles. The molecule has 2 rings (SSSR count). The number of rotatable bonds is 7. The van der Waals surface area contributed by atoms with Crippen LogP contribution < -0.4 is 0 Å². The first kappa shape index (κ1) is 16.7. The topological polar surface area (TPSA) is 29.5 Å². The fraction of sp³-hybridized carbons (Fsp3) is 0.588. The van der Waals surface area contributed by atoms with Crippen LogP contribution in [0.2, 0.25) is 0 Å². The van der Waals surface area contributed by atoms with Crippen LogP contribution in [0.1, 0.15) is 42.5 Å². The number of benzene rings is 1. The molecule has 0 spiro atoms. The Morgan fingerprint density at radius 1 is 1.33 bits per heavy atom. The second-order valence-electron chi connectivity index (χ2n) is 5.78. The Morgan fingerprint density at radius 2 is 2.10 bits per heavy atom. The number of carbonyl (C=O) groups excluding carboxylic acids is 1. The van der Waals surface area contributed by atoms with Crippen molar-refractivity contribution >= 4 is 21.7 Å². The monoisotopic (exact) mass is 353 g/mol. The van der Waals surface area contributed by atoms with Gasteiger partial charge in [0.1, 0.15) is 0 Å². The van der Waals surface area contributed by atoms with Gasteiger partial charge >= 0.3 is 0 Å². The number of carbonyl (C=O) groups is 1. The number of ketones is 1. The SMILES string of the molecule is CN(CCCC(=O)c1ccc(Br)cc1)CC1CCCCO1. The molecule has 0 N–H and O–H groups in total. The summed E-state index contributed by atoms with van der Waals surface area (Å²) in [4.78, 5) is 14.4. The third kappa shape index (κ3) is 5.89. The molecule has 21 heavy (non-hydrogen) atoms. The van der Waals surface area contributed by atoms with E-state index in [9.17, 15) is 4.79 Å². The lowest BCUT2D eigenvalue weighted by Gasteiger charge is -2.27. The number of hydrogen-bond acceptors (Lipinski definition) is 3. The van der Waals surface area contributed by atoms with Crippen molar-refractivity contribution in [2.24, 2.45) is 0 Å². The van der Waals surface area contributed by atoms with Gasteiger partial charge in [-0.2, -0.15) is 0 Å². The first-order chi connectivity index (χ1) is 10.1. The van der Waals surface area contributed by atoms with E-state index >= 15 is 0 Å². The zero-order valence-electron chi connectivity index (χ0n) is 12.7. The second-order valence-corrected chi connectivity index (χ2v) is 6.70. The molecule has 0 amide bonds. The van der Waals surface area contributed by atoms with Crippen molar-refractivity contribution in [2.75, 3.05) is 26.7 Å². The number of halogens is 1. The molecule has 1 aliphatic heterocycles. The fourth-order valence-corrected chi connectivity index (χ4v) is 2.94. The summed E-state index contributed by atoms with van der Waals surface area (Å²) in [6, 6.07) is 7.59. The quantitative estimate of drug-likeness (QED) is 0.696. The standard InChI is InChI=1S/C17H24BrNO2/c1-19(13-16-5-2-3-12-21-16)11-4-6-17(20)14-7-9-15(18)10-8-14/h7-10,16H,2-6,11-13H2,1H3. The second kappa shape index (κ2) is 8.66. The van der Waals surface area contributed by atoms with Crippen LogP contribution in [0.25, 0.3) is 0 Å². The summed E-state index contributed by atoms with van der Waals surface area (Å²) in [6.07, 6.45) is 5.53. The maximum absolute atomic E-state index is 12.1. The predicted molar refractivity (Wildman–Crippen MR) is 88.8 cm³/mol. The van der Waals surface area contributed by atoms with Crippen LogP contribution in [0.15, 0.2) is 28.7 Å². The lowest BCUT2D eigenvalue weighted by molar-refractivity contribution is -0.00153. The third-order valence-corrected chi connectivity index (χ3v) is 4.43. The summed E-state index contributed by atoms with van der Waals surface area (Å²) in [5.74, 6) is 0.227. The molecule has 1 unspecified atom stereocenters. The van der Waals surface area contributed by atoms with Crippen LogP contribution in [0, 0.1) is 0 Å². The van der Waals surface area contributed by atoms with E-state index in [1.54, 1.807) is 0 Å². The average Bonchev–Trinajstić information content (AvgIpc) is 2.49. The van der Waals surface area contributed by atoms with E-state index in [0.29, 0.717) is 12.5 Å². The molecule has 4 heteroatoms. The van der Waals surface area contributed by atoms with Gasteiger partial charge in [-0.3, -0.25) is 4.79 Å². The van der Waals surface area contributed by atoms with Gasteiger partial charge in [-0.05, 0) is 51.4 Å². The summed E-state index contributed by atoms with van der Waals surface area (Å²) in [5.41, 5.74) is 0.802. The van der Waals surface area contributed by atoms with Crippen molar-refractivity contribution in [1.82, 2.24) is 4.90 Å². The molecule has 1 saturated heterocycles. The zero-order chi connectivity index (χ0) is 15.1. The summed E-state index contributed by atoms with van der Waals surface area (Å²) >= 11 is 3.38. The molecular weight excluding hydrogens is 330 g/mol. The summed E-state index contributed by atoms with van der Waals surface area (Å²) in [7, 11) is 2.11. The Kier molecular flexibility index (Phi) is 6.87. The predicted octanol–water partition coefficient (Wildman–Crippen LogP) is 3.91. The number of hydrogen-bond donors (Lipinski definition) is 0. The minimum atomic E-state index is 0.227. The van der Waals surface area contributed by atoms with Gasteiger partial charge < -0.3 is 9.64 Å². The molecule has 0 bridgehead atoms. The summed E-state index contributed by atoms with van der Waals surface area (Å²) in [5, 5.41) is 0. The molecule has 0 aliphatic carbocycles. The van der Waals surface area contributed by atoms with E-state index < -0.39 is 0 Å². The lowest BCUT2D eigenvalue weighted by Crippen LogP contribution is -2.34. The van der Waals surface area contributed by atoms with Gasteiger partial charge in [0.15, 0.2) is 5.78 Å². The molecule has 1 atom stereocenters. The number of Topliss-reactive ketones (excluding diaryl/α,β-unsaturated/α-hetero) is 1. The van der Waals surface area contributed by atoms with Crippen LogP contribution in [-0.4, -0.2) is 43.5 Å². The normalized spacial score (nSPS) is 18.9. The number of nitrogens with zero attached hydrogens (tertiary/aromatic N) is 1. The van der Waals surface area contributed by atoms with Gasteiger partial charge in [-0.25, -0.2) is 0 Å². The molecule has 0 aromatic heterocycles. The maximum atomic E-state index is 12.1. The average molecular weight is 354 g/mol. The van der Waals surface area contributed by atoms with Gasteiger partial charge in [0.2, 0.25) is 0 Å². The van der Waals surface area contributed by atoms with Crippen LogP contribution in [-0.2, 0) is 4.74 Å². The zero-order valence-corrected chi connectivity index (χ0v) is 14.3. The highest BCUT2D eigenvalue weighted by atomic mass is 79.9. The molecule has 0 radical (unpaired) electrons. The Bertz CT molecular complexity index is 441. The Labute approximate surface area is 135 Å². The number of ether oxygens (including phenoxy) is 1. The van der Waals surface area contributed by atoms with Crippen LogP contribution in [0.5, 0.6) is 0 Å². The van der Waals surface area contributed by atoms with Crippen LogP contribution in [0.4, 0.5) is 0 Å². The molecule has 1 heterocycles. The Hall–Kier alpha value is -0.710. The maximum Gasteiger partial charge on any atom is 0.162 e. The highest BCUT2D eigenvalue weighted by molar-refractivity contribution is 9.10. The highest BCUT2D eigenvalue weighted by Gasteiger charge is 2.15. The largest absolute Gasteiger partial charge is 0.377 e. The summed E-state index contributed by atoms with van der Waals surface area (Å²) in [6.45, 7) is 2.83. The van der Waals surface area contributed by atoms with Crippen molar-refractivity contribution in [3.8, 4) is 0 Å². The smallest absolute Gasteiger partial charge is 0.162 e. The molecule has 1 aromatic carbocycles. The highest BCUT2D eigenvalue weighted by Crippen LogP contribution is 2.15. The van der Waals surface area contributed by atoms with E-state index in [1.807, 2.05) is 24.3 Å². The minimum absolute atomic E-state index is 0.227. The van der Waals surface area contributed by atoms with E-state index in [1.165, 1.54) is 19.3 Å². The van der Waals surface area contributed by atoms with Gasteiger partial charge in [0, 0.05) is 29.6 Å². The molecule has 116 valence electrons. The van der Waals surface area contributed by atoms with E-state index in [0.717, 1.165) is 36.2 Å². The van der Waals surface area contributed by atoms with Crippen molar-refractivity contribution in [3.63, 3.8) is 0 Å². The molecular formula is C17H24BrNO2. The fourth-order valence-electron chi connectivity index (χ4n) is 2.68. The van der Waals surface area contributed by atoms with E-state index in [-0.39, 0.29) is 5.78 Å². The Morgan fingerprint density at radius 3 is 2.76 bits per heavy atom. The van der Waals surface area contributed by atoms with E-state index in [2.05, 4.69) is 27.9 Å². The van der Waals surface area contributed by atoms with Crippen molar-refractivity contribution < 1.29 is 9.53 Å². The van der Waals surface area contributed by atoms with Crippen LogP contribution >= 0.6 is 15.9 Å². The molecule has 1 aliphatic rings. The first-order valence-electron chi connectivity index (χ1n) is 7.74. The molecule has 3 nitrogen and oxygen atoms in total. The number of likely N-dealkylation sites (N-methyl/N-ethyl adjacent to an activating group) is 1. The molecule has 1 fully saturated rings.